The van der Waals surface area contributed by atoms with Gasteiger partial charge >= 0.3 is 6.18 Å². The molecule has 2 rings (SSSR count). The molecule has 1 saturated heterocycles. The summed E-state index contributed by atoms with van der Waals surface area (Å²) >= 11 is 5.56. The van der Waals surface area contributed by atoms with Crippen molar-refractivity contribution in [2.45, 2.75) is 25.1 Å². The largest absolute Gasteiger partial charge is 0.440 e. The highest BCUT2D eigenvalue weighted by Gasteiger charge is 2.44. The molecule has 2 heterocycles. The van der Waals surface area contributed by atoms with Crippen LogP contribution in [0.2, 0.25) is 5.22 Å². The molecule has 1 atom stereocenters. The minimum Gasteiger partial charge on any atom is -0.440 e. The van der Waals surface area contributed by atoms with E-state index in [9.17, 15) is 23.1 Å². The Hall–Kier alpha value is -1.21. The number of furan rings is 1. The number of rotatable bonds is 2. The molecule has 1 unspecified atom stereocenters. The fraction of sp³-hybridized carbons (Fsp3) is 0.583. The first-order valence-electron chi connectivity index (χ1n) is 6.08. The Morgan fingerprint density at radius 2 is 2.00 bits per heavy atom. The first kappa shape index (κ1) is 15.2. The van der Waals surface area contributed by atoms with Crippen molar-refractivity contribution in [2.75, 3.05) is 13.1 Å². The van der Waals surface area contributed by atoms with Crippen LogP contribution in [0.1, 0.15) is 23.4 Å². The lowest BCUT2D eigenvalue weighted by atomic mass is 9.91. The summed E-state index contributed by atoms with van der Waals surface area (Å²) in [6.45, 7) is 0.296. The SMILES string of the molecule is O=C(c1ccc(Cl)o1)N1CCC(C(O)C(F)(F)F)CC1. The Balaban J connectivity index is 1.93. The Labute approximate surface area is 118 Å². The smallest absolute Gasteiger partial charge is 0.414 e. The van der Waals surface area contributed by atoms with Crippen molar-refractivity contribution in [2.24, 2.45) is 5.92 Å². The fourth-order valence-electron chi connectivity index (χ4n) is 2.27. The highest BCUT2D eigenvalue weighted by atomic mass is 35.5. The highest BCUT2D eigenvalue weighted by Crippen LogP contribution is 2.32. The molecule has 112 valence electrons. The van der Waals surface area contributed by atoms with Crippen molar-refractivity contribution in [3.05, 3.63) is 23.1 Å². The second kappa shape index (κ2) is 5.65. The quantitative estimate of drug-likeness (QED) is 0.913. The first-order chi connectivity index (χ1) is 9.29. The third-order valence-electron chi connectivity index (χ3n) is 3.39. The topological polar surface area (TPSA) is 53.7 Å². The molecule has 8 heteroatoms. The van der Waals surface area contributed by atoms with Crippen molar-refractivity contribution < 1.29 is 27.5 Å². The van der Waals surface area contributed by atoms with Crippen LogP contribution in [0.5, 0.6) is 0 Å². The number of amides is 1. The van der Waals surface area contributed by atoms with Crippen LogP contribution in [0.3, 0.4) is 0 Å². The molecule has 0 bridgehead atoms. The molecule has 0 aliphatic carbocycles. The molecule has 1 aliphatic heterocycles. The second-order valence-corrected chi connectivity index (χ2v) is 5.09. The number of halogens is 4. The lowest BCUT2D eigenvalue weighted by Gasteiger charge is -2.34. The standard InChI is InChI=1S/C12H13ClF3NO3/c13-9-2-1-8(20-9)11(19)17-5-3-7(4-6-17)10(18)12(14,15)16/h1-2,7,10,18H,3-6H2. The van der Waals surface area contributed by atoms with Gasteiger partial charge in [-0.2, -0.15) is 13.2 Å². The molecule has 0 aromatic carbocycles. The normalized spacial score (nSPS) is 19.1. The van der Waals surface area contributed by atoms with Gasteiger partial charge in [0.1, 0.15) is 0 Å². The van der Waals surface area contributed by atoms with Crippen LogP contribution in [0.4, 0.5) is 13.2 Å². The van der Waals surface area contributed by atoms with Crippen LogP contribution in [0, 0.1) is 5.92 Å². The van der Waals surface area contributed by atoms with E-state index in [0.29, 0.717) is 0 Å². The summed E-state index contributed by atoms with van der Waals surface area (Å²) in [5.41, 5.74) is 0. The lowest BCUT2D eigenvalue weighted by Crippen LogP contribution is -2.45. The third kappa shape index (κ3) is 3.27. The summed E-state index contributed by atoms with van der Waals surface area (Å²) in [6, 6.07) is 2.84. The summed E-state index contributed by atoms with van der Waals surface area (Å²) in [4.78, 5) is 13.4. The third-order valence-corrected chi connectivity index (χ3v) is 3.60. The molecule has 1 fully saturated rings. The molecule has 0 radical (unpaired) electrons. The van der Waals surface area contributed by atoms with Crippen molar-refractivity contribution >= 4 is 17.5 Å². The van der Waals surface area contributed by atoms with Gasteiger partial charge in [-0.25, -0.2) is 0 Å². The monoisotopic (exact) mass is 311 g/mol. The average molecular weight is 312 g/mol. The summed E-state index contributed by atoms with van der Waals surface area (Å²) in [7, 11) is 0. The van der Waals surface area contributed by atoms with Gasteiger partial charge in [0, 0.05) is 13.1 Å². The zero-order chi connectivity index (χ0) is 14.9. The van der Waals surface area contributed by atoms with Crippen molar-refractivity contribution in [3.8, 4) is 0 Å². The molecule has 1 aromatic rings. The van der Waals surface area contributed by atoms with E-state index in [1.54, 1.807) is 0 Å². The van der Waals surface area contributed by atoms with E-state index in [2.05, 4.69) is 0 Å². The number of aliphatic hydroxyl groups is 1. The van der Waals surface area contributed by atoms with Crippen molar-refractivity contribution in [1.82, 2.24) is 4.90 Å². The van der Waals surface area contributed by atoms with E-state index in [0.717, 1.165) is 0 Å². The maximum atomic E-state index is 12.4. The summed E-state index contributed by atoms with van der Waals surface area (Å²) in [6.07, 6.45) is -6.76. The molecule has 0 spiro atoms. The number of hydrogen-bond donors (Lipinski definition) is 1. The molecule has 1 aromatic heterocycles. The van der Waals surface area contributed by atoms with Gasteiger partial charge in [-0.05, 0) is 42.5 Å². The van der Waals surface area contributed by atoms with E-state index in [-0.39, 0.29) is 36.9 Å². The van der Waals surface area contributed by atoms with Crippen LogP contribution >= 0.6 is 11.6 Å². The number of alkyl halides is 3. The first-order valence-corrected chi connectivity index (χ1v) is 6.46. The van der Waals surface area contributed by atoms with Crippen molar-refractivity contribution in [3.63, 3.8) is 0 Å². The molecule has 0 saturated carbocycles. The molecular weight excluding hydrogens is 299 g/mol. The highest BCUT2D eigenvalue weighted by molar-refractivity contribution is 6.29. The molecule has 1 amide bonds. The van der Waals surface area contributed by atoms with Crippen LogP contribution in [-0.2, 0) is 0 Å². The molecule has 1 aliphatic rings. The average Bonchev–Trinajstić information content (AvgIpc) is 2.83. The van der Waals surface area contributed by atoms with Crippen LogP contribution in [-0.4, -0.2) is 41.3 Å². The van der Waals surface area contributed by atoms with Crippen LogP contribution < -0.4 is 0 Å². The zero-order valence-electron chi connectivity index (χ0n) is 10.4. The Morgan fingerprint density at radius 1 is 1.40 bits per heavy atom. The van der Waals surface area contributed by atoms with E-state index < -0.39 is 24.1 Å². The van der Waals surface area contributed by atoms with Crippen LogP contribution in [0.15, 0.2) is 16.5 Å². The fourth-order valence-corrected chi connectivity index (χ4v) is 2.42. The van der Waals surface area contributed by atoms with Gasteiger partial charge in [-0.1, -0.05) is 0 Å². The zero-order valence-corrected chi connectivity index (χ0v) is 11.1. The number of carbonyl (C=O) groups excluding carboxylic acids is 1. The van der Waals surface area contributed by atoms with Gasteiger partial charge in [0.15, 0.2) is 17.1 Å². The van der Waals surface area contributed by atoms with Gasteiger partial charge in [0.25, 0.3) is 5.91 Å². The Morgan fingerprint density at radius 3 is 2.45 bits per heavy atom. The van der Waals surface area contributed by atoms with Crippen molar-refractivity contribution in [1.29, 1.82) is 0 Å². The summed E-state index contributed by atoms with van der Waals surface area (Å²) in [5, 5.41) is 9.27. The molecule has 20 heavy (non-hydrogen) atoms. The van der Waals surface area contributed by atoms with Gasteiger partial charge in [0.2, 0.25) is 0 Å². The van der Waals surface area contributed by atoms with Gasteiger partial charge in [0.05, 0.1) is 0 Å². The number of aliphatic hydroxyl groups excluding tert-OH is 1. The van der Waals surface area contributed by atoms with Gasteiger partial charge in [-0.15, -0.1) is 0 Å². The lowest BCUT2D eigenvalue weighted by molar-refractivity contribution is -0.222. The van der Waals surface area contributed by atoms with Gasteiger partial charge < -0.3 is 14.4 Å². The number of hydrogen-bond acceptors (Lipinski definition) is 3. The Kier molecular flexibility index (Phi) is 4.29. The summed E-state index contributed by atoms with van der Waals surface area (Å²) in [5.74, 6) is -1.22. The van der Waals surface area contributed by atoms with E-state index in [1.807, 2.05) is 0 Å². The number of likely N-dealkylation sites (tertiary alicyclic amines) is 1. The number of nitrogens with zero attached hydrogens (tertiary/aromatic N) is 1. The number of carbonyl (C=O) groups is 1. The predicted molar refractivity (Wildman–Crippen MR) is 64.4 cm³/mol. The second-order valence-electron chi connectivity index (χ2n) is 4.72. The van der Waals surface area contributed by atoms with E-state index in [1.165, 1.54) is 17.0 Å². The summed E-state index contributed by atoms with van der Waals surface area (Å²) < 4.78 is 42.2. The predicted octanol–water partition coefficient (Wildman–Crippen LogP) is 2.71. The maximum Gasteiger partial charge on any atom is 0.414 e. The van der Waals surface area contributed by atoms with Crippen LogP contribution in [0.25, 0.3) is 0 Å². The van der Waals surface area contributed by atoms with E-state index in [4.69, 9.17) is 16.0 Å². The Bertz CT molecular complexity index is 481. The van der Waals surface area contributed by atoms with Gasteiger partial charge in [-0.3, -0.25) is 4.79 Å². The van der Waals surface area contributed by atoms with E-state index >= 15 is 0 Å². The molecule has 4 nitrogen and oxygen atoms in total. The maximum absolute atomic E-state index is 12.4. The molecule has 1 N–H and O–H groups in total. The minimum atomic E-state index is -4.62. The minimum absolute atomic E-state index is 0.0600. The molecular formula is C12H13ClF3NO3. The number of piperidine rings is 1.